The lowest BCUT2D eigenvalue weighted by Crippen LogP contribution is -2.26. The van der Waals surface area contributed by atoms with Gasteiger partial charge in [0.15, 0.2) is 23.1 Å². The molecular weight excluding hydrogens is 764 g/mol. The van der Waals surface area contributed by atoms with Gasteiger partial charge in [-0.15, -0.1) is 22.0 Å². The molecule has 0 aliphatic carbocycles. The standard InChI is InChI=1S/C19H15Cl2N5OS.C13H10Cl2N4O2S/c1-26-17-15(27-18(25-26)16-13(20)7-4-8-14(16)21)10-22-19(24-17)23-11-5-3-6-12(9-11)28-2;1-19-11-9(6-16-13(17-11)22(2)20)21-12(18-19)10-7(14)4-3-5-8(10)15/h3-10H,1-2H3,(H,22,23,24);3-6H,1-2H3. The molecular formula is C32H25Cl4N9O3S2. The van der Waals surface area contributed by atoms with Gasteiger partial charge >= 0.3 is 0 Å². The number of rotatable bonds is 6. The molecule has 7 rings (SSSR count). The van der Waals surface area contributed by atoms with Crippen molar-refractivity contribution in [1.29, 1.82) is 0 Å². The van der Waals surface area contributed by atoms with Crippen LogP contribution in [0.15, 0.2) is 93.3 Å². The number of thioether (sulfide) groups is 1. The molecule has 0 fully saturated rings. The molecule has 12 nitrogen and oxygen atoms in total. The molecule has 0 saturated heterocycles. The van der Waals surface area contributed by atoms with E-state index in [1.54, 1.807) is 73.5 Å². The molecule has 2 aliphatic rings. The van der Waals surface area contributed by atoms with Gasteiger partial charge in [-0.3, -0.25) is 4.21 Å². The van der Waals surface area contributed by atoms with E-state index in [1.807, 2.05) is 30.5 Å². The first kappa shape index (κ1) is 35.6. The van der Waals surface area contributed by atoms with E-state index < -0.39 is 10.8 Å². The monoisotopic (exact) mass is 787 g/mol. The largest absolute Gasteiger partial charge is 0.431 e. The molecule has 0 radical (unpaired) electrons. The Kier molecular flexibility index (Phi) is 11.0. The van der Waals surface area contributed by atoms with Gasteiger partial charge in [0.2, 0.25) is 22.9 Å². The summed E-state index contributed by atoms with van der Waals surface area (Å²) in [6.07, 6.45) is 6.58. The van der Waals surface area contributed by atoms with Crippen LogP contribution < -0.4 is 24.8 Å². The maximum atomic E-state index is 11.5. The summed E-state index contributed by atoms with van der Waals surface area (Å²) in [6.45, 7) is 0. The van der Waals surface area contributed by atoms with Gasteiger partial charge in [-0.2, -0.15) is 9.97 Å². The normalized spacial score (nSPS) is 13.8. The second-order valence-electron chi connectivity index (χ2n) is 10.3. The van der Waals surface area contributed by atoms with Crippen molar-refractivity contribution in [3.05, 3.63) is 104 Å². The lowest BCUT2D eigenvalue weighted by Gasteiger charge is -2.24. The van der Waals surface area contributed by atoms with E-state index in [9.17, 15) is 4.21 Å². The smallest absolute Gasteiger partial charge is 0.247 e. The van der Waals surface area contributed by atoms with Crippen molar-refractivity contribution in [2.75, 3.05) is 41.9 Å². The lowest BCUT2D eigenvalue weighted by molar-refractivity contribution is 0.520. The Balaban J connectivity index is 0.000000178. The molecule has 1 unspecified atom stereocenters. The number of nitrogens with zero attached hydrogens (tertiary/aromatic N) is 8. The number of nitrogens with one attached hydrogen (secondary N) is 1. The highest BCUT2D eigenvalue weighted by Crippen LogP contribution is 2.35. The molecule has 0 bridgehead atoms. The maximum Gasteiger partial charge on any atom is 0.247 e. The highest BCUT2D eigenvalue weighted by Gasteiger charge is 2.27. The van der Waals surface area contributed by atoms with Gasteiger partial charge in [-0.05, 0) is 48.7 Å². The van der Waals surface area contributed by atoms with Gasteiger partial charge < -0.3 is 14.8 Å². The van der Waals surface area contributed by atoms with Gasteiger partial charge in [0, 0.05) is 30.9 Å². The van der Waals surface area contributed by atoms with Gasteiger partial charge in [0.05, 0.1) is 54.4 Å². The zero-order valence-electron chi connectivity index (χ0n) is 26.6. The van der Waals surface area contributed by atoms with Gasteiger partial charge in [-0.25, -0.2) is 20.0 Å². The van der Waals surface area contributed by atoms with Crippen LogP contribution in [0.25, 0.3) is 0 Å². The number of aromatic nitrogens is 4. The van der Waals surface area contributed by atoms with Gasteiger partial charge in [-0.1, -0.05) is 64.6 Å². The number of hydrogen-bond donors (Lipinski definition) is 1. The third kappa shape index (κ3) is 7.75. The molecule has 3 aromatic carbocycles. The third-order valence-electron chi connectivity index (χ3n) is 6.89. The van der Waals surface area contributed by atoms with Crippen LogP contribution in [0, 0.1) is 0 Å². The minimum Gasteiger partial charge on any atom is -0.431 e. The number of ether oxygens (including phenoxy) is 2. The Hall–Kier alpha value is -4.18. The Morgan fingerprint density at radius 3 is 1.76 bits per heavy atom. The number of fused-ring (bicyclic) bond motifs is 2. The first-order chi connectivity index (χ1) is 24.0. The van der Waals surface area contributed by atoms with Crippen molar-refractivity contribution in [2.45, 2.75) is 10.1 Å². The molecule has 0 amide bonds. The van der Waals surface area contributed by atoms with Crippen LogP contribution in [0.4, 0.5) is 23.3 Å². The van der Waals surface area contributed by atoms with Crippen molar-refractivity contribution < 1.29 is 13.7 Å². The number of hydrazone groups is 2. The molecule has 2 aromatic heterocycles. The fourth-order valence-electron chi connectivity index (χ4n) is 4.57. The SMILES string of the molecule is CN1N=C(c2c(Cl)cccc2Cl)Oc2cnc(S(C)=O)nc21.CSc1cccc(Nc2ncc3c(n2)N(C)N=C(c2c(Cl)cccc2Cl)O3)c1. The zero-order chi connectivity index (χ0) is 35.5. The average Bonchev–Trinajstić information content (AvgIpc) is 3.09. The van der Waals surface area contributed by atoms with Crippen LogP contribution in [0.3, 0.4) is 0 Å². The summed E-state index contributed by atoms with van der Waals surface area (Å²) in [5.41, 5.74) is 1.92. The minimum atomic E-state index is -1.29. The molecule has 1 atom stereocenters. The van der Waals surface area contributed by atoms with Crippen molar-refractivity contribution in [2.24, 2.45) is 10.2 Å². The fraction of sp³-hybridized carbons (Fsp3) is 0.125. The summed E-state index contributed by atoms with van der Waals surface area (Å²) < 4.78 is 23.0. The topological polar surface area (TPSA) is 130 Å². The Labute approximate surface area is 313 Å². The third-order valence-corrected chi connectivity index (χ3v) is 9.59. The fourth-order valence-corrected chi connectivity index (χ4v) is 6.56. The summed E-state index contributed by atoms with van der Waals surface area (Å²) in [4.78, 5) is 18.2. The van der Waals surface area contributed by atoms with Crippen LogP contribution >= 0.6 is 58.2 Å². The van der Waals surface area contributed by atoms with Crippen LogP contribution in [-0.4, -0.2) is 62.5 Å². The minimum absolute atomic E-state index is 0.212. The number of anilines is 4. The van der Waals surface area contributed by atoms with Crippen LogP contribution in [-0.2, 0) is 10.8 Å². The first-order valence-corrected chi connectivity index (χ1v) is 18.7. The summed E-state index contributed by atoms with van der Waals surface area (Å²) in [7, 11) is 2.18. The highest BCUT2D eigenvalue weighted by atomic mass is 35.5. The summed E-state index contributed by atoms with van der Waals surface area (Å²) >= 11 is 26.5. The van der Waals surface area contributed by atoms with Crippen LogP contribution in [0.5, 0.6) is 11.5 Å². The van der Waals surface area contributed by atoms with Gasteiger partial charge in [0.1, 0.15) is 0 Å². The Morgan fingerprint density at radius 1 is 0.740 bits per heavy atom. The molecule has 0 spiro atoms. The van der Waals surface area contributed by atoms with E-state index >= 15 is 0 Å². The summed E-state index contributed by atoms with van der Waals surface area (Å²) in [5.74, 6) is 2.80. The molecule has 0 saturated carbocycles. The van der Waals surface area contributed by atoms with Crippen molar-refractivity contribution in [1.82, 2.24) is 19.9 Å². The lowest BCUT2D eigenvalue weighted by atomic mass is 10.2. The van der Waals surface area contributed by atoms with Crippen LogP contribution in [0.2, 0.25) is 20.1 Å². The molecule has 18 heteroatoms. The van der Waals surface area contributed by atoms with Crippen LogP contribution in [0.1, 0.15) is 11.1 Å². The molecule has 256 valence electrons. The van der Waals surface area contributed by atoms with Crippen molar-refractivity contribution >= 4 is 104 Å². The van der Waals surface area contributed by atoms with E-state index in [0.717, 1.165) is 10.6 Å². The molecule has 4 heterocycles. The van der Waals surface area contributed by atoms with E-state index in [4.69, 9.17) is 55.9 Å². The summed E-state index contributed by atoms with van der Waals surface area (Å²) in [5, 5.41) is 17.0. The second-order valence-corrected chi connectivity index (χ2v) is 14.1. The average molecular weight is 790 g/mol. The predicted octanol–water partition coefficient (Wildman–Crippen LogP) is 8.15. The molecule has 2 aliphatic heterocycles. The molecule has 5 aromatic rings. The van der Waals surface area contributed by atoms with E-state index in [2.05, 4.69) is 35.5 Å². The van der Waals surface area contributed by atoms with E-state index in [1.165, 1.54) is 17.5 Å². The molecule has 50 heavy (non-hydrogen) atoms. The summed E-state index contributed by atoms with van der Waals surface area (Å²) in [6, 6.07) is 18.4. The second kappa shape index (κ2) is 15.4. The zero-order valence-corrected chi connectivity index (χ0v) is 31.2. The molecule has 1 N–H and O–H groups in total. The number of hydrogen-bond acceptors (Lipinski definition) is 13. The number of benzene rings is 3. The number of halogens is 4. The first-order valence-electron chi connectivity index (χ1n) is 14.4. The Morgan fingerprint density at radius 2 is 1.24 bits per heavy atom. The predicted molar refractivity (Wildman–Crippen MR) is 202 cm³/mol. The Bertz CT molecular complexity index is 2150. The quantitative estimate of drug-likeness (QED) is 0.132. The van der Waals surface area contributed by atoms with Gasteiger partial charge in [0.25, 0.3) is 0 Å². The van der Waals surface area contributed by atoms with Crippen molar-refractivity contribution in [3.8, 4) is 11.5 Å². The maximum absolute atomic E-state index is 11.5. The van der Waals surface area contributed by atoms with E-state index in [0.29, 0.717) is 66.2 Å². The van der Waals surface area contributed by atoms with Crippen molar-refractivity contribution in [3.63, 3.8) is 0 Å². The van der Waals surface area contributed by atoms with E-state index in [-0.39, 0.29) is 11.1 Å². The highest BCUT2D eigenvalue weighted by molar-refractivity contribution is 7.98.